The molecule has 96 valence electrons. The average molecular weight is 249 g/mol. The molecule has 1 rings (SSSR count). The first kappa shape index (κ1) is 13.9. The van der Waals surface area contributed by atoms with Crippen LogP contribution in [0.1, 0.15) is 12.8 Å². The van der Waals surface area contributed by atoms with Crippen LogP contribution in [0.15, 0.2) is 0 Å². The molecule has 0 bridgehead atoms. The summed E-state index contributed by atoms with van der Waals surface area (Å²) in [5.41, 5.74) is 0. The highest BCUT2D eigenvalue weighted by Gasteiger charge is 2.16. The SMILES string of the molecule is CNS(=O)(=O)CCNCC1CCCN(C)C1. The fourth-order valence-corrected chi connectivity index (χ4v) is 2.67. The molecule has 1 saturated heterocycles. The van der Waals surface area contributed by atoms with E-state index in [1.807, 2.05) is 0 Å². The van der Waals surface area contributed by atoms with Gasteiger partial charge in [-0.1, -0.05) is 0 Å². The minimum atomic E-state index is -3.06. The van der Waals surface area contributed by atoms with Crippen LogP contribution in [-0.4, -0.2) is 59.3 Å². The summed E-state index contributed by atoms with van der Waals surface area (Å²) in [6, 6.07) is 0. The zero-order valence-electron chi connectivity index (χ0n) is 10.2. The van der Waals surface area contributed by atoms with Gasteiger partial charge in [0.05, 0.1) is 5.75 Å². The van der Waals surface area contributed by atoms with Crippen LogP contribution in [0.25, 0.3) is 0 Å². The van der Waals surface area contributed by atoms with Crippen LogP contribution in [0.4, 0.5) is 0 Å². The average Bonchev–Trinajstić information content (AvgIpc) is 2.25. The quantitative estimate of drug-likeness (QED) is 0.621. The predicted molar refractivity (Wildman–Crippen MR) is 65.9 cm³/mol. The van der Waals surface area contributed by atoms with Crippen LogP contribution in [0, 0.1) is 5.92 Å². The van der Waals surface area contributed by atoms with Gasteiger partial charge in [-0.05, 0) is 45.9 Å². The molecule has 5 nitrogen and oxygen atoms in total. The van der Waals surface area contributed by atoms with E-state index < -0.39 is 10.0 Å². The second-order valence-corrected chi connectivity index (χ2v) is 6.54. The third-order valence-corrected chi connectivity index (χ3v) is 4.38. The van der Waals surface area contributed by atoms with Crippen molar-refractivity contribution >= 4 is 10.0 Å². The Morgan fingerprint density at radius 1 is 1.44 bits per heavy atom. The molecule has 0 radical (unpaired) electrons. The minimum Gasteiger partial charge on any atom is -0.315 e. The zero-order chi connectivity index (χ0) is 12.0. The van der Waals surface area contributed by atoms with Crippen LogP contribution in [0.5, 0.6) is 0 Å². The zero-order valence-corrected chi connectivity index (χ0v) is 11.0. The van der Waals surface area contributed by atoms with Gasteiger partial charge in [-0.15, -0.1) is 0 Å². The number of hydrogen-bond acceptors (Lipinski definition) is 4. The van der Waals surface area contributed by atoms with Crippen LogP contribution in [-0.2, 0) is 10.0 Å². The van der Waals surface area contributed by atoms with Gasteiger partial charge < -0.3 is 10.2 Å². The molecule has 16 heavy (non-hydrogen) atoms. The first-order valence-corrected chi connectivity index (χ1v) is 7.49. The van der Waals surface area contributed by atoms with E-state index in [-0.39, 0.29) is 5.75 Å². The second-order valence-electron chi connectivity index (χ2n) is 4.50. The van der Waals surface area contributed by atoms with Crippen molar-refractivity contribution in [3.05, 3.63) is 0 Å². The summed E-state index contributed by atoms with van der Waals surface area (Å²) in [7, 11) is 0.530. The molecule has 0 aromatic heterocycles. The van der Waals surface area contributed by atoms with E-state index in [2.05, 4.69) is 22.0 Å². The first-order chi connectivity index (χ1) is 7.53. The van der Waals surface area contributed by atoms with Crippen molar-refractivity contribution in [2.75, 3.05) is 46.0 Å². The van der Waals surface area contributed by atoms with Gasteiger partial charge in [0.25, 0.3) is 0 Å². The number of sulfonamides is 1. The number of hydrogen-bond donors (Lipinski definition) is 2. The molecule has 0 aromatic carbocycles. The molecular weight excluding hydrogens is 226 g/mol. The van der Waals surface area contributed by atoms with E-state index in [1.165, 1.54) is 26.4 Å². The lowest BCUT2D eigenvalue weighted by atomic mass is 9.98. The lowest BCUT2D eigenvalue weighted by molar-refractivity contribution is 0.207. The Balaban J connectivity index is 2.11. The molecule has 1 fully saturated rings. The number of piperidine rings is 1. The van der Waals surface area contributed by atoms with Gasteiger partial charge in [0.2, 0.25) is 10.0 Å². The maximum absolute atomic E-state index is 11.1. The van der Waals surface area contributed by atoms with Crippen molar-refractivity contribution in [1.82, 2.24) is 14.9 Å². The first-order valence-electron chi connectivity index (χ1n) is 5.84. The third-order valence-electron chi connectivity index (χ3n) is 3.01. The molecule has 1 unspecified atom stereocenters. The van der Waals surface area contributed by atoms with E-state index in [9.17, 15) is 8.42 Å². The summed E-state index contributed by atoms with van der Waals surface area (Å²) < 4.78 is 24.6. The summed E-state index contributed by atoms with van der Waals surface area (Å²) >= 11 is 0. The smallest absolute Gasteiger partial charge is 0.212 e. The van der Waals surface area contributed by atoms with Crippen molar-refractivity contribution in [1.29, 1.82) is 0 Å². The molecule has 0 saturated carbocycles. The fourth-order valence-electron chi connectivity index (χ4n) is 2.05. The minimum absolute atomic E-state index is 0.159. The molecule has 0 aliphatic carbocycles. The summed E-state index contributed by atoms with van der Waals surface area (Å²) in [6.07, 6.45) is 2.49. The highest BCUT2D eigenvalue weighted by molar-refractivity contribution is 7.89. The summed E-state index contributed by atoms with van der Waals surface area (Å²) in [5, 5.41) is 3.22. The molecular formula is C10H23N3O2S. The van der Waals surface area contributed by atoms with Gasteiger partial charge in [-0.2, -0.15) is 0 Å². The number of nitrogens with one attached hydrogen (secondary N) is 2. The molecule has 1 aliphatic rings. The predicted octanol–water partition coefficient (Wildman–Crippen LogP) is -0.533. The van der Waals surface area contributed by atoms with Crippen molar-refractivity contribution < 1.29 is 8.42 Å². The van der Waals surface area contributed by atoms with Crippen LogP contribution >= 0.6 is 0 Å². The summed E-state index contributed by atoms with van der Waals surface area (Å²) in [6.45, 7) is 3.75. The standard InChI is InChI=1S/C10H23N3O2S/c1-11-16(14,15)7-5-12-8-10-4-3-6-13(2)9-10/h10-12H,3-9H2,1-2H3. The van der Waals surface area contributed by atoms with Crippen LogP contribution in [0.3, 0.4) is 0 Å². The third kappa shape index (κ3) is 5.25. The highest BCUT2D eigenvalue weighted by Crippen LogP contribution is 2.13. The van der Waals surface area contributed by atoms with Gasteiger partial charge in [0.15, 0.2) is 0 Å². The van der Waals surface area contributed by atoms with Crippen molar-refractivity contribution in [3.63, 3.8) is 0 Å². The van der Waals surface area contributed by atoms with E-state index in [1.54, 1.807) is 0 Å². The summed E-state index contributed by atoms with van der Waals surface area (Å²) in [4.78, 5) is 2.33. The van der Waals surface area contributed by atoms with Crippen molar-refractivity contribution in [3.8, 4) is 0 Å². The van der Waals surface area contributed by atoms with Gasteiger partial charge >= 0.3 is 0 Å². The Bertz CT molecular complexity index is 292. The van der Waals surface area contributed by atoms with Crippen molar-refractivity contribution in [2.24, 2.45) is 5.92 Å². The molecule has 1 atom stereocenters. The largest absolute Gasteiger partial charge is 0.315 e. The maximum Gasteiger partial charge on any atom is 0.212 e. The van der Waals surface area contributed by atoms with E-state index in [0.717, 1.165) is 13.1 Å². The number of likely N-dealkylation sites (tertiary alicyclic amines) is 1. The lowest BCUT2D eigenvalue weighted by Crippen LogP contribution is -2.39. The molecule has 2 N–H and O–H groups in total. The van der Waals surface area contributed by atoms with Crippen LogP contribution < -0.4 is 10.0 Å². The normalized spacial score (nSPS) is 23.5. The Labute approximate surface area is 98.6 Å². The summed E-state index contributed by atoms with van der Waals surface area (Å²) in [5.74, 6) is 0.822. The molecule has 6 heteroatoms. The second kappa shape index (κ2) is 6.54. The molecule has 1 heterocycles. The molecule has 1 aliphatic heterocycles. The van der Waals surface area contributed by atoms with Gasteiger partial charge in [0, 0.05) is 13.1 Å². The van der Waals surface area contributed by atoms with Gasteiger partial charge in [-0.25, -0.2) is 13.1 Å². The monoisotopic (exact) mass is 249 g/mol. The maximum atomic E-state index is 11.1. The van der Waals surface area contributed by atoms with Gasteiger partial charge in [-0.3, -0.25) is 0 Å². The Kier molecular flexibility index (Phi) is 5.68. The van der Waals surface area contributed by atoms with Gasteiger partial charge in [0.1, 0.15) is 0 Å². The highest BCUT2D eigenvalue weighted by atomic mass is 32.2. The number of rotatable bonds is 6. The molecule has 0 spiro atoms. The lowest BCUT2D eigenvalue weighted by Gasteiger charge is -2.29. The molecule has 0 aromatic rings. The molecule has 0 amide bonds. The van der Waals surface area contributed by atoms with E-state index in [4.69, 9.17) is 0 Å². The fraction of sp³-hybridized carbons (Fsp3) is 1.00. The number of nitrogens with zero attached hydrogens (tertiary/aromatic N) is 1. The Morgan fingerprint density at radius 3 is 2.81 bits per heavy atom. The van der Waals surface area contributed by atoms with E-state index in [0.29, 0.717) is 12.5 Å². The van der Waals surface area contributed by atoms with E-state index >= 15 is 0 Å². The topological polar surface area (TPSA) is 61.4 Å². The Morgan fingerprint density at radius 2 is 2.19 bits per heavy atom. The van der Waals surface area contributed by atoms with Crippen molar-refractivity contribution in [2.45, 2.75) is 12.8 Å². The Hall–Kier alpha value is -0.170. The van der Waals surface area contributed by atoms with Crippen LogP contribution in [0.2, 0.25) is 0 Å².